The van der Waals surface area contributed by atoms with Crippen molar-refractivity contribution in [3.63, 3.8) is 0 Å². The molecule has 1 aromatic heterocycles. The first-order chi connectivity index (χ1) is 29.7. The molecule has 10 aromatic carbocycles. The molecule has 0 saturated carbocycles. The third-order valence-corrected chi connectivity index (χ3v) is 11.7. The molecule has 11 aromatic rings. The van der Waals surface area contributed by atoms with E-state index in [1.807, 2.05) is 12.1 Å². The van der Waals surface area contributed by atoms with Crippen LogP contribution in [0.4, 0.5) is 17.1 Å². The summed E-state index contributed by atoms with van der Waals surface area (Å²) in [5, 5.41) is 4.72. The Morgan fingerprint density at radius 3 is 1.45 bits per heavy atom. The van der Waals surface area contributed by atoms with E-state index in [0.717, 1.165) is 55.7 Å². The van der Waals surface area contributed by atoms with Crippen LogP contribution in [0, 0.1) is 0 Å². The lowest BCUT2D eigenvalue weighted by molar-refractivity contribution is 0.669. The lowest BCUT2D eigenvalue weighted by atomic mass is 9.96. The van der Waals surface area contributed by atoms with E-state index in [2.05, 4.69) is 229 Å². The van der Waals surface area contributed by atoms with Crippen LogP contribution in [0.5, 0.6) is 0 Å². The fraction of sp³-hybridized carbons (Fsp3) is 0. The van der Waals surface area contributed by atoms with Crippen molar-refractivity contribution in [3.8, 4) is 55.6 Å². The standard InChI is InChI=1S/C58H39NO/c1-2-11-40(12-3-1)42-23-29-46(30-24-42)50-17-9-18-53(39-50)59(56-21-10-20-55-54-19-6-7-22-57(54)60-58(55)56)52-35-33-44(34-36-52)43-25-27-45(28-26-43)48-15-8-16-49(37-48)51-32-31-41-13-4-5-14-47(41)38-51/h1-39H. The van der Waals surface area contributed by atoms with E-state index in [-0.39, 0.29) is 0 Å². The monoisotopic (exact) mass is 765 g/mol. The Labute approximate surface area is 349 Å². The Hall–Kier alpha value is -7.94. The van der Waals surface area contributed by atoms with Gasteiger partial charge in [0.1, 0.15) is 5.58 Å². The molecule has 0 N–H and O–H groups in total. The normalized spacial score (nSPS) is 11.3. The molecule has 0 saturated heterocycles. The number of anilines is 3. The van der Waals surface area contributed by atoms with Crippen molar-refractivity contribution in [2.75, 3.05) is 4.90 Å². The van der Waals surface area contributed by atoms with Gasteiger partial charge in [0.15, 0.2) is 5.58 Å². The third kappa shape index (κ3) is 6.61. The maximum Gasteiger partial charge on any atom is 0.159 e. The lowest BCUT2D eigenvalue weighted by Gasteiger charge is -2.26. The average Bonchev–Trinajstić information content (AvgIpc) is 3.72. The van der Waals surface area contributed by atoms with Crippen LogP contribution in [0.25, 0.3) is 88.3 Å². The van der Waals surface area contributed by atoms with Crippen LogP contribution in [0.2, 0.25) is 0 Å². The zero-order valence-corrected chi connectivity index (χ0v) is 32.9. The topological polar surface area (TPSA) is 16.4 Å². The molecule has 0 bridgehead atoms. The van der Waals surface area contributed by atoms with Crippen LogP contribution in [0.3, 0.4) is 0 Å². The van der Waals surface area contributed by atoms with Crippen molar-refractivity contribution >= 4 is 49.8 Å². The van der Waals surface area contributed by atoms with Crippen LogP contribution in [-0.2, 0) is 0 Å². The lowest BCUT2D eigenvalue weighted by Crippen LogP contribution is -2.10. The molecule has 2 heteroatoms. The van der Waals surface area contributed by atoms with Gasteiger partial charge in [0, 0.05) is 22.1 Å². The van der Waals surface area contributed by atoms with E-state index in [9.17, 15) is 0 Å². The maximum absolute atomic E-state index is 6.63. The summed E-state index contributed by atoms with van der Waals surface area (Å²) in [6.45, 7) is 0. The second-order valence-corrected chi connectivity index (χ2v) is 15.3. The van der Waals surface area contributed by atoms with Gasteiger partial charge >= 0.3 is 0 Å². The van der Waals surface area contributed by atoms with E-state index >= 15 is 0 Å². The fourth-order valence-corrected chi connectivity index (χ4v) is 8.55. The van der Waals surface area contributed by atoms with Crippen molar-refractivity contribution in [2.45, 2.75) is 0 Å². The predicted octanol–water partition coefficient (Wildman–Crippen LogP) is 16.5. The van der Waals surface area contributed by atoms with Crippen LogP contribution in [0.15, 0.2) is 241 Å². The highest BCUT2D eigenvalue weighted by Crippen LogP contribution is 2.43. The number of fused-ring (bicyclic) bond motifs is 4. The first-order valence-corrected chi connectivity index (χ1v) is 20.5. The minimum absolute atomic E-state index is 0.862. The van der Waals surface area contributed by atoms with E-state index in [1.165, 1.54) is 49.7 Å². The molecule has 0 atom stereocenters. The summed E-state index contributed by atoms with van der Waals surface area (Å²) in [7, 11) is 0. The molecule has 0 spiro atoms. The number of hydrogen-bond acceptors (Lipinski definition) is 2. The van der Waals surface area contributed by atoms with E-state index in [1.54, 1.807) is 0 Å². The van der Waals surface area contributed by atoms with Crippen LogP contribution in [0.1, 0.15) is 0 Å². The number of benzene rings is 10. The van der Waals surface area contributed by atoms with Gasteiger partial charge < -0.3 is 9.32 Å². The van der Waals surface area contributed by atoms with Gasteiger partial charge in [-0.1, -0.05) is 188 Å². The predicted molar refractivity (Wildman–Crippen MR) is 253 cm³/mol. The van der Waals surface area contributed by atoms with Crippen molar-refractivity contribution in [1.82, 2.24) is 0 Å². The fourth-order valence-electron chi connectivity index (χ4n) is 8.55. The Balaban J connectivity index is 0.932. The second kappa shape index (κ2) is 15.1. The van der Waals surface area contributed by atoms with Crippen LogP contribution < -0.4 is 4.90 Å². The van der Waals surface area contributed by atoms with Crippen molar-refractivity contribution in [2.24, 2.45) is 0 Å². The molecule has 0 unspecified atom stereocenters. The number of rotatable bonds is 8. The zero-order valence-electron chi connectivity index (χ0n) is 32.9. The summed E-state index contributed by atoms with van der Waals surface area (Å²) < 4.78 is 6.63. The minimum Gasteiger partial charge on any atom is -0.454 e. The molecule has 0 radical (unpaired) electrons. The first kappa shape index (κ1) is 35.2. The zero-order chi connectivity index (χ0) is 39.8. The molecule has 2 nitrogen and oxygen atoms in total. The van der Waals surface area contributed by atoms with E-state index in [4.69, 9.17) is 4.42 Å². The highest BCUT2D eigenvalue weighted by molar-refractivity contribution is 6.10. The Kier molecular flexibility index (Phi) is 8.87. The van der Waals surface area contributed by atoms with Crippen LogP contribution >= 0.6 is 0 Å². The summed E-state index contributed by atoms with van der Waals surface area (Å²) in [6, 6.07) is 84.8. The quantitative estimate of drug-likeness (QED) is 0.153. The van der Waals surface area contributed by atoms with Crippen molar-refractivity contribution in [1.29, 1.82) is 0 Å². The minimum atomic E-state index is 0.862. The largest absolute Gasteiger partial charge is 0.454 e. The molecule has 0 fully saturated rings. The molecular formula is C58H39NO. The van der Waals surface area contributed by atoms with Gasteiger partial charge in [-0.2, -0.15) is 0 Å². The molecule has 0 aliphatic rings. The molecule has 1 heterocycles. The Morgan fingerprint density at radius 2 is 0.733 bits per heavy atom. The maximum atomic E-state index is 6.63. The average molecular weight is 766 g/mol. The summed E-state index contributed by atoms with van der Waals surface area (Å²) in [4.78, 5) is 2.32. The Morgan fingerprint density at radius 1 is 0.267 bits per heavy atom. The smallest absolute Gasteiger partial charge is 0.159 e. The SMILES string of the molecule is c1ccc(-c2ccc(-c3cccc(N(c4ccc(-c5ccc(-c6cccc(-c7ccc8ccccc8c7)c6)cc5)cc4)c4cccc5c4oc4ccccc45)c3)cc2)cc1. The van der Waals surface area contributed by atoms with E-state index < -0.39 is 0 Å². The molecule has 282 valence electrons. The van der Waals surface area contributed by atoms with E-state index in [0.29, 0.717) is 0 Å². The number of nitrogens with zero attached hydrogens (tertiary/aromatic N) is 1. The summed E-state index contributed by atoms with van der Waals surface area (Å²) in [5.41, 5.74) is 16.7. The van der Waals surface area contributed by atoms with Gasteiger partial charge in [0.05, 0.1) is 5.69 Å². The summed E-state index contributed by atoms with van der Waals surface area (Å²) in [5.74, 6) is 0. The third-order valence-electron chi connectivity index (χ3n) is 11.7. The number of furan rings is 1. The molecule has 60 heavy (non-hydrogen) atoms. The van der Waals surface area contributed by atoms with Gasteiger partial charge in [-0.3, -0.25) is 0 Å². The number of para-hydroxylation sites is 2. The Bertz CT molecular complexity index is 3290. The highest BCUT2D eigenvalue weighted by atomic mass is 16.3. The first-order valence-electron chi connectivity index (χ1n) is 20.5. The van der Waals surface area contributed by atoms with Crippen molar-refractivity contribution in [3.05, 3.63) is 237 Å². The molecule has 0 aliphatic carbocycles. The molecular weight excluding hydrogens is 727 g/mol. The van der Waals surface area contributed by atoms with Crippen molar-refractivity contribution < 1.29 is 4.42 Å². The van der Waals surface area contributed by atoms with Gasteiger partial charge in [-0.05, 0) is 115 Å². The molecule has 0 aliphatic heterocycles. The summed E-state index contributed by atoms with van der Waals surface area (Å²) in [6.07, 6.45) is 0. The van der Waals surface area contributed by atoms with Crippen LogP contribution in [-0.4, -0.2) is 0 Å². The highest BCUT2D eigenvalue weighted by Gasteiger charge is 2.20. The molecule has 11 rings (SSSR count). The van der Waals surface area contributed by atoms with Gasteiger partial charge in [0.25, 0.3) is 0 Å². The summed E-state index contributed by atoms with van der Waals surface area (Å²) >= 11 is 0. The number of hydrogen-bond donors (Lipinski definition) is 0. The van der Waals surface area contributed by atoms with Gasteiger partial charge in [-0.25, -0.2) is 0 Å². The second-order valence-electron chi connectivity index (χ2n) is 15.3. The van der Waals surface area contributed by atoms with Gasteiger partial charge in [-0.15, -0.1) is 0 Å². The van der Waals surface area contributed by atoms with Gasteiger partial charge in [0.2, 0.25) is 0 Å². The molecule has 0 amide bonds.